The fourth-order valence-corrected chi connectivity index (χ4v) is 2.92. The standard InChI is InChI=1S/C19H21NO2/c1-22-18-12-16-10-6-5-9-15(16)11-17(18)19(21)20-13-14-7-3-2-4-8-14/h5-7,9-12H,2-4,8,13H2,1H3,(H,20,21). The third-order valence-corrected chi connectivity index (χ3v) is 4.17. The second-order valence-electron chi connectivity index (χ2n) is 5.69. The monoisotopic (exact) mass is 295 g/mol. The topological polar surface area (TPSA) is 38.3 Å². The predicted molar refractivity (Wildman–Crippen MR) is 89.4 cm³/mol. The van der Waals surface area contributed by atoms with Gasteiger partial charge in [-0.1, -0.05) is 35.9 Å². The number of carbonyl (C=O) groups excluding carboxylic acids is 1. The highest BCUT2D eigenvalue weighted by Gasteiger charge is 2.14. The van der Waals surface area contributed by atoms with Gasteiger partial charge < -0.3 is 10.1 Å². The Morgan fingerprint density at radius 1 is 1.18 bits per heavy atom. The molecule has 1 aliphatic rings. The van der Waals surface area contributed by atoms with E-state index in [-0.39, 0.29) is 5.91 Å². The van der Waals surface area contributed by atoms with Crippen molar-refractivity contribution >= 4 is 16.7 Å². The number of ether oxygens (including phenoxy) is 1. The first-order chi connectivity index (χ1) is 10.8. The van der Waals surface area contributed by atoms with Crippen molar-refractivity contribution in [2.45, 2.75) is 25.7 Å². The van der Waals surface area contributed by atoms with Crippen LogP contribution in [0.2, 0.25) is 0 Å². The smallest absolute Gasteiger partial charge is 0.255 e. The molecule has 3 heteroatoms. The highest BCUT2D eigenvalue weighted by atomic mass is 16.5. The molecular formula is C19H21NO2. The van der Waals surface area contributed by atoms with Gasteiger partial charge in [-0.05, 0) is 48.6 Å². The summed E-state index contributed by atoms with van der Waals surface area (Å²) in [6.45, 7) is 0.634. The number of hydrogen-bond acceptors (Lipinski definition) is 2. The van der Waals surface area contributed by atoms with Crippen molar-refractivity contribution in [2.24, 2.45) is 0 Å². The van der Waals surface area contributed by atoms with Crippen LogP contribution >= 0.6 is 0 Å². The third-order valence-electron chi connectivity index (χ3n) is 4.17. The molecule has 1 N–H and O–H groups in total. The first-order valence-corrected chi connectivity index (χ1v) is 7.81. The SMILES string of the molecule is COc1cc2ccccc2cc1C(=O)NCC1=CCCCC1. The third kappa shape index (κ3) is 3.14. The van der Waals surface area contributed by atoms with Crippen molar-refractivity contribution in [3.8, 4) is 5.75 Å². The number of benzene rings is 2. The summed E-state index contributed by atoms with van der Waals surface area (Å²) in [4.78, 5) is 12.5. The molecule has 0 radical (unpaired) electrons. The lowest BCUT2D eigenvalue weighted by Crippen LogP contribution is -2.26. The number of fused-ring (bicyclic) bond motifs is 1. The molecule has 0 saturated heterocycles. The number of allylic oxidation sites excluding steroid dienone is 1. The van der Waals surface area contributed by atoms with Crippen LogP contribution in [-0.2, 0) is 0 Å². The number of carbonyl (C=O) groups is 1. The number of nitrogens with one attached hydrogen (secondary N) is 1. The van der Waals surface area contributed by atoms with Crippen molar-refractivity contribution in [3.63, 3.8) is 0 Å². The van der Waals surface area contributed by atoms with Crippen molar-refractivity contribution in [3.05, 3.63) is 53.6 Å². The van der Waals surface area contributed by atoms with Gasteiger partial charge in [-0.25, -0.2) is 0 Å². The Labute approximate surface area is 131 Å². The van der Waals surface area contributed by atoms with E-state index in [1.54, 1.807) is 7.11 Å². The van der Waals surface area contributed by atoms with E-state index in [0.29, 0.717) is 17.9 Å². The van der Waals surface area contributed by atoms with Crippen molar-refractivity contribution in [1.29, 1.82) is 0 Å². The number of methoxy groups -OCH3 is 1. The Morgan fingerprint density at radius 3 is 2.64 bits per heavy atom. The zero-order chi connectivity index (χ0) is 15.4. The highest BCUT2D eigenvalue weighted by molar-refractivity contribution is 6.01. The molecule has 3 nitrogen and oxygen atoms in total. The lowest BCUT2D eigenvalue weighted by Gasteiger charge is -2.15. The average molecular weight is 295 g/mol. The van der Waals surface area contributed by atoms with Gasteiger partial charge in [-0.2, -0.15) is 0 Å². The fraction of sp³-hybridized carbons (Fsp3) is 0.316. The highest BCUT2D eigenvalue weighted by Crippen LogP contribution is 2.26. The van der Waals surface area contributed by atoms with Crippen LogP contribution in [0.25, 0.3) is 10.8 Å². The molecule has 0 saturated carbocycles. The molecule has 0 heterocycles. The number of amides is 1. The van der Waals surface area contributed by atoms with Crippen LogP contribution in [0.5, 0.6) is 5.75 Å². The average Bonchev–Trinajstić information content (AvgIpc) is 2.59. The van der Waals surface area contributed by atoms with E-state index in [1.165, 1.54) is 18.4 Å². The minimum absolute atomic E-state index is 0.0749. The van der Waals surface area contributed by atoms with E-state index in [2.05, 4.69) is 11.4 Å². The lowest BCUT2D eigenvalue weighted by molar-refractivity contribution is 0.0953. The second kappa shape index (κ2) is 6.65. The summed E-state index contributed by atoms with van der Waals surface area (Å²) in [5.41, 5.74) is 1.93. The van der Waals surface area contributed by atoms with E-state index in [1.807, 2.05) is 36.4 Å². The van der Waals surface area contributed by atoms with Gasteiger partial charge >= 0.3 is 0 Å². The molecule has 0 atom stereocenters. The summed E-state index contributed by atoms with van der Waals surface area (Å²) >= 11 is 0. The molecule has 0 unspecified atom stereocenters. The first kappa shape index (κ1) is 14.6. The van der Waals surface area contributed by atoms with Gasteiger partial charge in [0, 0.05) is 6.54 Å². The summed E-state index contributed by atoms with van der Waals surface area (Å²) in [5, 5.41) is 5.14. The van der Waals surface area contributed by atoms with Gasteiger partial charge in [0.25, 0.3) is 5.91 Å². The molecule has 22 heavy (non-hydrogen) atoms. The van der Waals surface area contributed by atoms with Crippen LogP contribution in [0.15, 0.2) is 48.0 Å². The number of hydrogen-bond donors (Lipinski definition) is 1. The summed E-state index contributed by atoms with van der Waals surface area (Å²) in [6.07, 6.45) is 6.96. The zero-order valence-corrected chi connectivity index (χ0v) is 12.9. The molecule has 1 aliphatic carbocycles. The molecular weight excluding hydrogens is 274 g/mol. The van der Waals surface area contributed by atoms with Crippen molar-refractivity contribution in [1.82, 2.24) is 5.32 Å². The van der Waals surface area contributed by atoms with Crippen LogP contribution in [-0.4, -0.2) is 19.6 Å². The summed E-state index contributed by atoms with van der Waals surface area (Å²) in [6, 6.07) is 11.8. The Bertz CT molecular complexity index is 718. The van der Waals surface area contributed by atoms with Gasteiger partial charge in [-0.3, -0.25) is 4.79 Å². The van der Waals surface area contributed by atoms with E-state index in [4.69, 9.17) is 4.74 Å². The van der Waals surface area contributed by atoms with E-state index in [9.17, 15) is 4.79 Å². The quantitative estimate of drug-likeness (QED) is 0.863. The summed E-state index contributed by atoms with van der Waals surface area (Å²) in [5.74, 6) is 0.544. The summed E-state index contributed by atoms with van der Waals surface area (Å²) < 4.78 is 5.39. The van der Waals surface area contributed by atoms with Crippen LogP contribution in [0, 0.1) is 0 Å². The Hall–Kier alpha value is -2.29. The lowest BCUT2D eigenvalue weighted by atomic mass is 9.99. The summed E-state index contributed by atoms with van der Waals surface area (Å²) in [7, 11) is 1.60. The second-order valence-corrected chi connectivity index (χ2v) is 5.69. The maximum atomic E-state index is 12.5. The minimum Gasteiger partial charge on any atom is -0.496 e. The van der Waals surface area contributed by atoms with E-state index in [0.717, 1.165) is 23.6 Å². The van der Waals surface area contributed by atoms with Crippen LogP contribution in [0.4, 0.5) is 0 Å². The molecule has 0 aromatic heterocycles. The maximum absolute atomic E-state index is 12.5. The maximum Gasteiger partial charge on any atom is 0.255 e. The fourth-order valence-electron chi connectivity index (χ4n) is 2.92. The predicted octanol–water partition coefficient (Wildman–Crippen LogP) is 4.08. The Kier molecular flexibility index (Phi) is 4.42. The van der Waals surface area contributed by atoms with Gasteiger partial charge in [0.1, 0.15) is 5.75 Å². The van der Waals surface area contributed by atoms with E-state index < -0.39 is 0 Å². The van der Waals surface area contributed by atoms with Gasteiger partial charge in [-0.15, -0.1) is 0 Å². The molecule has 3 rings (SSSR count). The van der Waals surface area contributed by atoms with Gasteiger partial charge in [0.15, 0.2) is 0 Å². The first-order valence-electron chi connectivity index (χ1n) is 7.81. The normalized spacial score (nSPS) is 14.5. The molecule has 0 spiro atoms. The largest absolute Gasteiger partial charge is 0.496 e. The molecule has 114 valence electrons. The molecule has 0 aliphatic heterocycles. The number of rotatable bonds is 4. The van der Waals surface area contributed by atoms with Crippen LogP contribution < -0.4 is 10.1 Å². The molecule has 0 bridgehead atoms. The molecule has 0 fully saturated rings. The Balaban J connectivity index is 1.81. The van der Waals surface area contributed by atoms with Crippen molar-refractivity contribution in [2.75, 3.05) is 13.7 Å². The molecule has 1 amide bonds. The van der Waals surface area contributed by atoms with Crippen LogP contribution in [0.3, 0.4) is 0 Å². The van der Waals surface area contributed by atoms with Gasteiger partial charge in [0.2, 0.25) is 0 Å². The van der Waals surface area contributed by atoms with Crippen LogP contribution in [0.1, 0.15) is 36.0 Å². The van der Waals surface area contributed by atoms with Gasteiger partial charge in [0.05, 0.1) is 12.7 Å². The zero-order valence-electron chi connectivity index (χ0n) is 12.9. The molecule has 2 aromatic rings. The van der Waals surface area contributed by atoms with Crippen molar-refractivity contribution < 1.29 is 9.53 Å². The molecule has 2 aromatic carbocycles. The Morgan fingerprint density at radius 2 is 1.95 bits per heavy atom. The minimum atomic E-state index is -0.0749. The van der Waals surface area contributed by atoms with E-state index >= 15 is 0 Å².